The van der Waals surface area contributed by atoms with Crippen LogP contribution < -0.4 is 16.0 Å². The van der Waals surface area contributed by atoms with E-state index >= 15 is 0 Å². The van der Waals surface area contributed by atoms with Gasteiger partial charge in [0, 0.05) is 47.4 Å². The number of hydrogen-bond donors (Lipinski definition) is 3. The molecule has 0 atom stereocenters. The first-order valence-corrected chi connectivity index (χ1v) is 20.6. The number of hydrogen-bond acceptors (Lipinski definition) is 5. The van der Waals surface area contributed by atoms with E-state index in [2.05, 4.69) is 153 Å². The summed E-state index contributed by atoms with van der Waals surface area (Å²) in [7, 11) is 0. The summed E-state index contributed by atoms with van der Waals surface area (Å²) >= 11 is 0. The minimum Gasteiger partial charge on any atom is -0.385 e. The Morgan fingerprint density at radius 3 is 1.11 bits per heavy atom. The molecular weight excluding hydrogens is 743 g/mol. The van der Waals surface area contributed by atoms with Crippen LogP contribution in [0.3, 0.4) is 0 Å². The summed E-state index contributed by atoms with van der Waals surface area (Å²) in [6.45, 7) is 0.974. The van der Waals surface area contributed by atoms with Gasteiger partial charge in [-0.05, 0) is 138 Å². The van der Waals surface area contributed by atoms with Crippen LogP contribution in [0.4, 0.5) is 39.8 Å². The smallest absolute Gasteiger partial charge is 0.0631 e. The average Bonchev–Trinajstić information content (AvgIpc) is 3.30. The third-order valence-electron chi connectivity index (χ3n) is 9.82. The van der Waals surface area contributed by atoms with Crippen molar-refractivity contribution in [3.8, 4) is 0 Å². The van der Waals surface area contributed by atoms with Gasteiger partial charge in [-0.3, -0.25) is 9.98 Å². The van der Waals surface area contributed by atoms with Crippen LogP contribution in [0.15, 0.2) is 228 Å². The van der Waals surface area contributed by atoms with Gasteiger partial charge in [0.1, 0.15) is 0 Å². The van der Waals surface area contributed by atoms with Gasteiger partial charge in [-0.2, -0.15) is 0 Å². The van der Waals surface area contributed by atoms with Gasteiger partial charge >= 0.3 is 0 Å². The lowest BCUT2D eigenvalue weighted by Crippen LogP contribution is -2.03. The van der Waals surface area contributed by atoms with E-state index < -0.39 is 0 Å². The van der Waals surface area contributed by atoms with Crippen molar-refractivity contribution in [2.75, 3.05) is 22.5 Å². The molecule has 0 radical (unpaired) electrons. The number of aryl methyl sites for hydroxylation is 1. The van der Waals surface area contributed by atoms with Crippen LogP contribution in [0.2, 0.25) is 0 Å². The van der Waals surface area contributed by atoms with Crippen LogP contribution in [0, 0.1) is 0 Å². The van der Waals surface area contributed by atoms with E-state index in [-0.39, 0.29) is 7.43 Å². The highest BCUT2D eigenvalue weighted by Crippen LogP contribution is 2.21. The molecule has 0 bridgehead atoms. The van der Waals surface area contributed by atoms with Gasteiger partial charge in [0.2, 0.25) is 0 Å². The maximum Gasteiger partial charge on any atom is 0.0631 e. The van der Waals surface area contributed by atoms with Crippen LogP contribution in [0.1, 0.15) is 41.7 Å². The molecule has 8 aromatic rings. The highest BCUT2D eigenvalue weighted by molar-refractivity contribution is 6.17. The predicted octanol–water partition coefficient (Wildman–Crippen LogP) is 14.8. The second-order valence-corrected chi connectivity index (χ2v) is 14.5. The van der Waals surface area contributed by atoms with Crippen molar-refractivity contribution in [3.05, 3.63) is 246 Å². The number of rotatable bonds is 16. The summed E-state index contributed by atoms with van der Waals surface area (Å²) in [6.07, 6.45) is 7.54. The molecule has 8 aromatic carbocycles. The molecule has 0 fully saturated rings. The van der Waals surface area contributed by atoms with Crippen molar-refractivity contribution >= 4 is 52.2 Å². The number of para-hydroxylation sites is 2. The van der Waals surface area contributed by atoms with Gasteiger partial charge < -0.3 is 16.0 Å². The van der Waals surface area contributed by atoms with E-state index in [1.807, 2.05) is 91.0 Å². The quantitative estimate of drug-likeness (QED) is 0.0674. The Bertz CT molecular complexity index is 2290. The zero-order valence-corrected chi connectivity index (χ0v) is 33.9. The third kappa shape index (κ3) is 15.0. The van der Waals surface area contributed by atoms with Crippen molar-refractivity contribution in [1.29, 1.82) is 0 Å². The van der Waals surface area contributed by atoms with Gasteiger partial charge in [0.15, 0.2) is 0 Å². The van der Waals surface area contributed by atoms with E-state index in [0.29, 0.717) is 0 Å². The van der Waals surface area contributed by atoms with Crippen molar-refractivity contribution in [1.82, 2.24) is 0 Å². The average molecular weight is 798 g/mol. The summed E-state index contributed by atoms with van der Waals surface area (Å²) in [5.41, 5.74) is 14.0. The normalized spacial score (nSPS) is 10.7. The Morgan fingerprint density at radius 2 is 0.656 bits per heavy atom. The molecule has 0 spiro atoms. The molecule has 0 heterocycles. The molecule has 0 aromatic heterocycles. The molecule has 8 rings (SSSR count). The maximum atomic E-state index is 4.46. The largest absolute Gasteiger partial charge is 0.385 e. The van der Waals surface area contributed by atoms with Crippen molar-refractivity contribution in [2.24, 2.45) is 9.98 Å². The Hall–Kier alpha value is -7.50. The predicted molar refractivity (Wildman–Crippen MR) is 264 cm³/mol. The SMILES string of the molecule is C.C(C=Nc1ccc(Nc2ccccc2)cc1)=Nc1ccc(Cc2ccccc2)cc1.c1ccc(Cc2ccc(NCCCc3ccc(Nc4ccccc4)cc3)cc2)cc1. The van der Waals surface area contributed by atoms with E-state index in [4.69, 9.17) is 0 Å². The molecule has 0 amide bonds. The standard InChI is InChI=1S/C28H28N2.C27H23N3.CH4/c1-3-8-24(9-4-1)22-25-15-17-26(18-16-25)29-21-7-10-23-13-19-28(20-14-23)30-27-11-5-2-6-12-27;1-3-7-22(8-4-1)21-23-11-13-24(14-12-23)28-19-20-29-25-15-17-27(18-16-25)30-26-9-5-2-6-10-26;/h1-6,8-9,11-20,29-30H,7,10,21-22H2;1-20,30H,21H2;1H4. The number of nitrogens with zero attached hydrogens (tertiary/aromatic N) is 2. The molecule has 0 aliphatic carbocycles. The van der Waals surface area contributed by atoms with E-state index in [9.17, 15) is 0 Å². The van der Waals surface area contributed by atoms with Crippen LogP contribution in [0.25, 0.3) is 0 Å². The monoisotopic (exact) mass is 797 g/mol. The Balaban J connectivity index is 0.000000201. The molecule has 3 N–H and O–H groups in total. The van der Waals surface area contributed by atoms with Crippen LogP contribution >= 0.6 is 0 Å². The van der Waals surface area contributed by atoms with Crippen molar-refractivity contribution in [2.45, 2.75) is 33.1 Å². The van der Waals surface area contributed by atoms with Gasteiger partial charge in [0.05, 0.1) is 11.4 Å². The minimum absolute atomic E-state index is 0. The van der Waals surface area contributed by atoms with Gasteiger partial charge in [0.25, 0.3) is 0 Å². The summed E-state index contributed by atoms with van der Waals surface area (Å²) in [5, 5.41) is 10.3. The Kier molecular flexibility index (Phi) is 16.8. The molecule has 5 heteroatoms. The van der Waals surface area contributed by atoms with Gasteiger partial charge in [-0.1, -0.05) is 141 Å². The fraction of sp³-hybridized carbons (Fsp3) is 0.107. The molecule has 0 aliphatic heterocycles. The zero-order valence-electron chi connectivity index (χ0n) is 33.9. The molecule has 0 saturated carbocycles. The molecule has 0 unspecified atom stereocenters. The molecule has 5 nitrogen and oxygen atoms in total. The Morgan fingerprint density at radius 1 is 0.328 bits per heavy atom. The third-order valence-corrected chi connectivity index (χ3v) is 9.82. The highest BCUT2D eigenvalue weighted by Gasteiger charge is 2.00. The molecule has 61 heavy (non-hydrogen) atoms. The lowest BCUT2D eigenvalue weighted by Gasteiger charge is -2.09. The lowest BCUT2D eigenvalue weighted by molar-refractivity contribution is 0.863. The first-order valence-electron chi connectivity index (χ1n) is 20.6. The lowest BCUT2D eigenvalue weighted by atomic mass is 10.0. The number of benzene rings is 8. The highest BCUT2D eigenvalue weighted by atomic mass is 14.9. The maximum absolute atomic E-state index is 4.46. The first-order chi connectivity index (χ1) is 29.7. The van der Waals surface area contributed by atoms with Crippen LogP contribution in [-0.2, 0) is 19.3 Å². The van der Waals surface area contributed by atoms with Crippen LogP contribution in [0.5, 0.6) is 0 Å². The fourth-order valence-electron chi connectivity index (χ4n) is 6.63. The van der Waals surface area contributed by atoms with Gasteiger partial charge in [-0.25, -0.2) is 0 Å². The number of aliphatic imine (C=N–C) groups is 2. The number of anilines is 5. The summed E-state index contributed by atoms with van der Waals surface area (Å²) < 4.78 is 0. The van der Waals surface area contributed by atoms with Crippen molar-refractivity contribution < 1.29 is 0 Å². The van der Waals surface area contributed by atoms with E-state index in [1.54, 1.807) is 12.4 Å². The summed E-state index contributed by atoms with van der Waals surface area (Å²) in [6, 6.07) is 75.3. The Labute approximate surface area is 362 Å². The summed E-state index contributed by atoms with van der Waals surface area (Å²) in [5.74, 6) is 0. The number of nitrogens with one attached hydrogen (secondary N) is 3. The molecule has 0 aliphatic rings. The van der Waals surface area contributed by atoms with E-state index in [0.717, 1.165) is 66.4 Å². The first kappa shape index (κ1) is 43.1. The molecule has 304 valence electrons. The second kappa shape index (κ2) is 23.8. The topological polar surface area (TPSA) is 60.8 Å². The summed E-state index contributed by atoms with van der Waals surface area (Å²) in [4.78, 5) is 8.90. The van der Waals surface area contributed by atoms with Crippen molar-refractivity contribution in [3.63, 3.8) is 0 Å². The zero-order chi connectivity index (χ0) is 40.9. The molecule has 0 saturated heterocycles. The second-order valence-electron chi connectivity index (χ2n) is 14.5. The van der Waals surface area contributed by atoms with E-state index in [1.165, 1.54) is 33.5 Å². The molecular formula is C56H55N5. The van der Waals surface area contributed by atoms with Gasteiger partial charge in [-0.15, -0.1) is 0 Å². The fourth-order valence-corrected chi connectivity index (χ4v) is 6.63. The minimum atomic E-state index is 0. The van der Waals surface area contributed by atoms with Crippen LogP contribution in [-0.4, -0.2) is 19.0 Å².